The van der Waals surface area contributed by atoms with Gasteiger partial charge in [0.05, 0.1) is 18.5 Å². The molecule has 1 amide bonds. The van der Waals surface area contributed by atoms with Crippen molar-refractivity contribution in [2.45, 2.75) is 20.3 Å². The van der Waals surface area contributed by atoms with E-state index in [-0.39, 0.29) is 36.3 Å². The van der Waals surface area contributed by atoms with E-state index in [4.69, 9.17) is 9.47 Å². The third-order valence-electron chi connectivity index (χ3n) is 4.34. The number of esters is 1. The Morgan fingerprint density at radius 1 is 1.00 bits per heavy atom. The first-order chi connectivity index (χ1) is 15.0. The third kappa shape index (κ3) is 5.57. The van der Waals surface area contributed by atoms with Gasteiger partial charge in [0.2, 0.25) is 11.6 Å². The number of carbonyl (C=O) groups excluding carboxylic acids is 3. The highest BCUT2D eigenvalue weighted by Crippen LogP contribution is 2.21. The number of hydrogen-bond donors (Lipinski definition) is 1. The Kier molecular flexibility index (Phi) is 7.16. The van der Waals surface area contributed by atoms with Gasteiger partial charge < -0.3 is 14.8 Å². The number of Topliss-reactive ketones (excluding diaryl/α,β-unsaturated/α-hetero) is 1. The van der Waals surface area contributed by atoms with Crippen molar-refractivity contribution in [3.05, 3.63) is 72.1 Å². The van der Waals surface area contributed by atoms with Gasteiger partial charge in [-0.3, -0.25) is 9.59 Å². The number of nitrogens with zero attached hydrogens (tertiary/aromatic N) is 2. The molecule has 0 bridgehead atoms. The predicted octanol–water partition coefficient (Wildman–Crippen LogP) is 3.66. The first kappa shape index (κ1) is 21.8. The highest BCUT2D eigenvalue weighted by Gasteiger charge is 2.21. The molecular weight excluding hydrogens is 398 g/mol. The molecule has 8 heteroatoms. The van der Waals surface area contributed by atoms with E-state index >= 15 is 0 Å². The van der Waals surface area contributed by atoms with Crippen LogP contribution in [0.15, 0.2) is 60.8 Å². The summed E-state index contributed by atoms with van der Waals surface area (Å²) in [6.45, 7) is 3.36. The number of carbonyl (C=O) groups is 3. The van der Waals surface area contributed by atoms with Crippen LogP contribution in [0, 0.1) is 0 Å². The average Bonchev–Trinajstić information content (AvgIpc) is 3.23. The highest BCUT2D eigenvalue weighted by molar-refractivity contribution is 5.98. The van der Waals surface area contributed by atoms with Crippen LogP contribution in [0.4, 0.5) is 5.69 Å². The molecule has 0 spiro atoms. The summed E-state index contributed by atoms with van der Waals surface area (Å²) in [7, 11) is 0. The van der Waals surface area contributed by atoms with Crippen molar-refractivity contribution in [3.63, 3.8) is 0 Å². The molecule has 0 aliphatic carbocycles. The maximum absolute atomic E-state index is 12.5. The SMILES string of the molecule is CCOC(=O)c1nn(-c2ccccc2)cc1OCC(=O)c1ccc(NC(=O)CC)cc1. The van der Waals surface area contributed by atoms with Crippen LogP contribution in [-0.4, -0.2) is 40.7 Å². The van der Waals surface area contributed by atoms with Gasteiger partial charge in [-0.15, -0.1) is 0 Å². The number of aromatic nitrogens is 2. The highest BCUT2D eigenvalue weighted by atomic mass is 16.5. The second kappa shape index (κ2) is 10.2. The van der Waals surface area contributed by atoms with Gasteiger partial charge in [0.25, 0.3) is 0 Å². The van der Waals surface area contributed by atoms with Gasteiger partial charge in [-0.1, -0.05) is 25.1 Å². The van der Waals surface area contributed by atoms with E-state index < -0.39 is 5.97 Å². The zero-order valence-electron chi connectivity index (χ0n) is 17.3. The molecule has 0 atom stereocenters. The van der Waals surface area contributed by atoms with Crippen LogP contribution in [0.1, 0.15) is 41.1 Å². The molecule has 0 aliphatic heterocycles. The number of para-hydroxylation sites is 1. The maximum Gasteiger partial charge on any atom is 0.362 e. The van der Waals surface area contributed by atoms with E-state index in [1.54, 1.807) is 38.1 Å². The number of rotatable bonds is 9. The minimum absolute atomic E-state index is 0.00358. The van der Waals surface area contributed by atoms with Crippen molar-refractivity contribution in [2.24, 2.45) is 0 Å². The molecule has 0 saturated carbocycles. The summed E-state index contributed by atoms with van der Waals surface area (Å²) in [4.78, 5) is 36.3. The number of ketones is 1. The van der Waals surface area contributed by atoms with Gasteiger partial charge in [-0.2, -0.15) is 5.10 Å². The van der Waals surface area contributed by atoms with E-state index in [1.807, 2.05) is 30.3 Å². The van der Waals surface area contributed by atoms with E-state index in [0.717, 1.165) is 5.69 Å². The lowest BCUT2D eigenvalue weighted by Gasteiger charge is -2.07. The van der Waals surface area contributed by atoms with Gasteiger partial charge in [0.1, 0.15) is 0 Å². The normalized spacial score (nSPS) is 10.4. The molecule has 1 heterocycles. The molecule has 3 aromatic rings. The van der Waals surface area contributed by atoms with Crippen molar-refractivity contribution < 1.29 is 23.9 Å². The second-order valence-electron chi connectivity index (χ2n) is 6.53. The zero-order chi connectivity index (χ0) is 22.2. The first-order valence-corrected chi connectivity index (χ1v) is 9.90. The van der Waals surface area contributed by atoms with Crippen LogP contribution >= 0.6 is 0 Å². The van der Waals surface area contributed by atoms with Crippen LogP contribution in [0.5, 0.6) is 5.75 Å². The van der Waals surface area contributed by atoms with Crippen LogP contribution in [0.25, 0.3) is 5.69 Å². The molecule has 2 aromatic carbocycles. The Morgan fingerprint density at radius 3 is 2.35 bits per heavy atom. The fourth-order valence-corrected chi connectivity index (χ4v) is 2.73. The molecule has 0 fully saturated rings. The summed E-state index contributed by atoms with van der Waals surface area (Å²) in [5, 5.41) is 6.98. The zero-order valence-corrected chi connectivity index (χ0v) is 17.3. The van der Waals surface area contributed by atoms with Crippen molar-refractivity contribution in [2.75, 3.05) is 18.5 Å². The van der Waals surface area contributed by atoms with Crippen molar-refractivity contribution >= 4 is 23.3 Å². The van der Waals surface area contributed by atoms with Gasteiger partial charge in [0, 0.05) is 17.7 Å². The maximum atomic E-state index is 12.5. The Hall–Kier alpha value is -3.94. The standard InChI is InChI=1S/C23H23N3O5/c1-3-21(28)24-17-12-10-16(11-13-17)19(27)15-31-20-14-26(18-8-6-5-7-9-18)25-22(20)23(29)30-4-2/h5-14H,3-4,15H2,1-2H3,(H,24,28). The largest absolute Gasteiger partial charge is 0.481 e. The predicted molar refractivity (Wildman–Crippen MR) is 115 cm³/mol. The minimum atomic E-state index is -0.629. The van der Waals surface area contributed by atoms with Crippen LogP contribution in [0.2, 0.25) is 0 Å². The molecule has 1 N–H and O–H groups in total. The average molecular weight is 421 g/mol. The van der Waals surface area contributed by atoms with Crippen LogP contribution in [-0.2, 0) is 9.53 Å². The summed E-state index contributed by atoms with van der Waals surface area (Å²) in [6.07, 6.45) is 1.91. The molecule has 0 saturated heterocycles. The molecule has 160 valence electrons. The van der Waals surface area contributed by atoms with E-state index in [2.05, 4.69) is 10.4 Å². The summed E-state index contributed by atoms with van der Waals surface area (Å²) < 4.78 is 12.2. The lowest BCUT2D eigenvalue weighted by molar-refractivity contribution is -0.115. The quantitative estimate of drug-likeness (QED) is 0.418. The molecular formula is C23H23N3O5. The van der Waals surface area contributed by atoms with Gasteiger partial charge >= 0.3 is 5.97 Å². The monoisotopic (exact) mass is 421 g/mol. The summed E-state index contributed by atoms with van der Waals surface area (Å²) >= 11 is 0. The third-order valence-corrected chi connectivity index (χ3v) is 4.34. The van der Waals surface area contributed by atoms with Crippen LogP contribution in [0.3, 0.4) is 0 Å². The van der Waals surface area contributed by atoms with Crippen LogP contribution < -0.4 is 10.1 Å². The van der Waals surface area contributed by atoms with Gasteiger partial charge in [-0.25, -0.2) is 9.48 Å². The first-order valence-electron chi connectivity index (χ1n) is 9.90. The molecule has 8 nitrogen and oxygen atoms in total. The Morgan fingerprint density at radius 2 is 1.71 bits per heavy atom. The summed E-state index contributed by atoms with van der Waals surface area (Å²) in [5.74, 6) is -0.863. The van der Waals surface area contributed by atoms with Gasteiger partial charge in [0.15, 0.2) is 18.1 Å². The summed E-state index contributed by atoms with van der Waals surface area (Å²) in [6, 6.07) is 15.7. The molecule has 3 rings (SSSR count). The second-order valence-corrected chi connectivity index (χ2v) is 6.53. The number of ether oxygens (including phenoxy) is 2. The lowest BCUT2D eigenvalue weighted by atomic mass is 10.1. The number of benzene rings is 2. The lowest BCUT2D eigenvalue weighted by Crippen LogP contribution is -2.14. The number of amides is 1. The Balaban J connectivity index is 1.74. The van der Waals surface area contributed by atoms with Crippen molar-refractivity contribution in [1.29, 1.82) is 0 Å². The van der Waals surface area contributed by atoms with E-state index in [1.165, 1.54) is 10.9 Å². The Labute approximate surface area is 179 Å². The molecule has 0 aliphatic rings. The molecule has 0 radical (unpaired) electrons. The number of anilines is 1. The topological polar surface area (TPSA) is 99.5 Å². The molecule has 31 heavy (non-hydrogen) atoms. The molecule has 1 aromatic heterocycles. The fourth-order valence-electron chi connectivity index (χ4n) is 2.73. The van der Waals surface area contributed by atoms with Crippen molar-refractivity contribution in [3.8, 4) is 11.4 Å². The fraction of sp³-hybridized carbons (Fsp3) is 0.217. The molecule has 0 unspecified atom stereocenters. The number of nitrogens with one attached hydrogen (secondary N) is 1. The number of hydrogen-bond acceptors (Lipinski definition) is 6. The smallest absolute Gasteiger partial charge is 0.362 e. The van der Waals surface area contributed by atoms with Crippen molar-refractivity contribution in [1.82, 2.24) is 9.78 Å². The van der Waals surface area contributed by atoms with Gasteiger partial charge in [-0.05, 0) is 43.3 Å². The minimum Gasteiger partial charge on any atom is -0.481 e. The summed E-state index contributed by atoms with van der Waals surface area (Å²) in [5.41, 5.74) is 1.76. The van der Waals surface area contributed by atoms with E-state index in [9.17, 15) is 14.4 Å². The Bertz CT molecular complexity index is 1060. The van der Waals surface area contributed by atoms with E-state index in [0.29, 0.717) is 17.7 Å².